The quantitative estimate of drug-likeness (QED) is 0.533. The van der Waals surface area contributed by atoms with Gasteiger partial charge < -0.3 is 0 Å². The van der Waals surface area contributed by atoms with Crippen LogP contribution in [-0.2, 0) is 9.59 Å². The van der Waals surface area contributed by atoms with E-state index in [0.29, 0.717) is 16.9 Å². The highest BCUT2D eigenvalue weighted by atomic mass is 35.5. The van der Waals surface area contributed by atoms with Gasteiger partial charge in [-0.3, -0.25) is 14.9 Å². The zero-order valence-electron chi connectivity index (χ0n) is 15.3. The lowest BCUT2D eigenvalue weighted by atomic mass is 10.1. The second-order valence-corrected chi connectivity index (χ2v) is 6.69. The van der Waals surface area contributed by atoms with Crippen molar-refractivity contribution in [3.05, 3.63) is 82.6 Å². The molecule has 0 radical (unpaired) electrons. The van der Waals surface area contributed by atoms with Crippen molar-refractivity contribution in [1.29, 1.82) is 0 Å². The maximum Gasteiger partial charge on any atom is 0.335 e. The summed E-state index contributed by atoms with van der Waals surface area (Å²) in [6, 6.07) is 16.8. The molecule has 1 N–H and O–H groups in total. The molecule has 1 fully saturated rings. The summed E-state index contributed by atoms with van der Waals surface area (Å²) in [7, 11) is 0. The average Bonchev–Trinajstić information content (AvgIpc) is 3.00. The van der Waals surface area contributed by atoms with E-state index in [0.717, 1.165) is 10.6 Å². The first-order chi connectivity index (χ1) is 14.0. The first-order valence-electron chi connectivity index (χ1n) is 8.74. The van der Waals surface area contributed by atoms with Crippen molar-refractivity contribution in [2.24, 2.45) is 0 Å². The van der Waals surface area contributed by atoms with Crippen LogP contribution >= 0.6 is 11.6 Å². The van der Waals surface area contributed by atoms with Gasteiger partial charge in [0.15, 0.2) is 0 Å². The van der Waals surface area contributed by atoms with E-state index in [9.17, 15) is 14.4 Å². The van der Waals surface area contributed by atoms with E-state index in [1.807, 2.05) is 30.3 Å². The number of nitrogens with one attached hydrogen (secondary N) is 1. The molecule has 1 saturated heterocycles. The zero-order valence-corrected chi connectivity index (χ0v) is 16.1. The fourth-order valence-electron chi connectivity index (χ4n) is 3.03. The van der Waals surface area contributed by atoms with Gasteiger partial charge in [-0.2, -0.15) is 5.10 Å². The normalized spacial score (nSPS) is 15.7. The minimum Gasteiger partial charge on any atom is -0.273 e. The second-order valence-electron chi connectivity index (χ2n) is 6.33. The molecule has 2 heterocycles. The molecular formula is C21H15ClN4O3. The fourth-order valence-corrected chi connectivity index (χ4v) is 3.36. The minimum absolute atomic E-state index is 0.203. The monoisotopic (exact) mass is 406 g/mol. The number of amides is 4. The van der Waals surface area contributed by atoms with Crippen LogP contribution < -0.4 is 10.2 Å². The minimum atomic E-state index is -0.800. The topological polar surface area (TPSA) is 84.3 Å². The number of hydrogen-bond acceptors (Lipinski definition) is 4. The van der Waals surface area contributed by atoms with Gasteiger partial charge in [0.25, 0.3) is 11.8 Å². The Bertz CT molecular complexity index is 1150. The molecule has 0 bridgehead atoms. The number of imide groups is 2. The van der Waals surface area contributed by atoms with Gasteiger partial charge in [0, 0.05) is 5.56 Å². The number of carbonyl (C=O) groups excluding carboxylic acids is 3. The number of hydrogen-bond donors (Lipinski definition) is 1. The van der Waals surface area contributed by atoms with E-state index < -0.39 is 17.8 Å². The van der Waals surface area contributed by atoms with Gasteiger partial charge in [-0.15, -0.1) is 0 Å². The molecule has 8 heteroatoms. The molecule has 1 aliphatic rings. The van der Waals surface area contributed by atoms with Gasteiger partial charge in [-0.05, 0) is 37.3 Å². The van der Waals surface area contributed by atoms with E-state index in [4.69, 9.17) is 11.6 Å². The number of urea groups is 1. The molecule has 0 aliphatic carbocycles. The van der Waals surface area contributed by atoms with Crippen LogP contribution in [0, 0.1) is 6.92 Å². The molecule has 3 aromatic rings. The summed E-state index contributed by atoms with van der Waals surface area (Å²) in [5.74, 6) is -1.51. The van der Waals surface area contributed by atoms with Crippen molar-refractivity contribution in [2.45, 2.75) is 6.92 Å². The fraction of sp³-hybridized carbons (Fsp3) is 0.0476. The number of anilines is 1. The van der Waals surface area contributed by atoms with E-state index in [1.54, 1.807) is 37.3 Å². The van der Waals surface area contributed by atoms with Gasteiger partial charge in [-0.1, -0.05) is 48.0 Å². The molecule has 0 spiro atoms. The van der Waals surface area contributed by atoms with Crippen molar-refractivity contribution in [3.63, 3.8) is 0 Å². The van der Waals surface area contributed by atoms with Crippen LogP contribution in [0.4, 0.5) is 10.5 Å². The Kier molecular flexibility index (Phi) is 4.74. The Morgan fingerprint density at radius 3 is 2.14 bits per heavy atom. The first kappa shape index (κ1) is 18.6. The third-order valence-electron chi connectivity index (χ3n) is 4.45. The van der Waals surface area contributed by atoms with Gasteiger partial charge >= 0.3 is 6.03 Å². The van der Waals surface area contributed by atoms with Crippen LogP contribution in [0.1, 0.15) is 11.3 Å². The maximum absolute atomic E-state index is 13.0. The predicted molar refractivity (Wildman–Crippen MR) is 109 cm³/mol. The highest BCUT2D eigenvalue weighted by molar-refractivity contribution is 6.39. The van der Waals surface area contributed by atoms with Crippen molar-refractivity contribution in [2.75, 3.05) is 4.90 Å². The lowest BCUT2D eigenvalue weighted by molar-refractivity contribution is -0.122. The molecule has 2 aromatic carbocycles. The number of aryl methyl sites for hydroxylation is 1. The number of aromatic nitrogens is 2. The molecule has 1 aromatic heterocycles. The zero-order chi connectivity index (χ0) is 20.5. The highest BCUT2D eigenvalue weighted by Gasteiger charge is 2.37. The van der Waals surface area contributed by atoms with Crippen molar-refractivity contribution < 1.29 is 14.4 Å². The molecule has 0 unspecified atom stereocenters. The first-order valence-corrected chi connectivity index (χ1v) is 9.12. The Balaban J connectivity index is 1.78. The molecule has 29 heavy (non-hydrogen) atoms. The largest absolute Gasteiger partial charge is 0.335 e. The SMILES string of the molecule is Cc1nn(-c2ccccc2)c(Cl)c1C=C1C(=O)NC(=O)N(c2ccccc2)C1=O. The molecule has 4 amide bonds. The number of nitrogens with zero attached hydrogens (tertiary/aromatic N) is 3. The number of rotatable bonds is 3. The van der Waals surface area contributed by atoms with Crippen molar-refractivity contribution in [3.8, 4) is 5.69 Å². The number of halogens is 1. The Labute approximate surface area is 171 Å². The van der Waals surface area contributed by atoms with Crippen LogP contribution in [0.5, 0.6) is 0 Å². The van der Waals surface area contributed by atoms with E-state index in [-0.39, 0.29) is 10.7 Å². The Morgan fingerprint density at radius 1 is 0.931 bits per heavy atom. The van der Waals surface area contributed by atoms with Crippen LogP contribution in [0.25, 0.3) is 11.8 Å². The van der Waals surface area contributed by atoms with Gasteiger partial charge in [-0.25, -0.2) is 14.4 Å². The van der Waals surface area contributed by atoms with Crippen molar-refractivity contribution in [1.82, 2.24) is 15.1 Å². The molecule has 1 aliphatic heterocycles. The van der Waals surface area contributed by atoms with Crippen LogP contribution in [-0.4, -0.2) is 27.6 Å². The lowest BCUT2D eigenvalue weighted by Crippen LogP contribution is -2.54. The molecular weight excluding hydrogens is 392 g/mol. The van der Waals surface area contributed by atoms with E-state index in [1.165, 1.54) is 10.8 Å². The highest BCUT2D eigenvalue weighted by Crippen LogP contribution is 2.28. The van der Waals surface area contributed by atoms with Crippen LogP contribution in [0.2, 0.25) is 5.15 Å². The molecule has 4 rings (SSSR count). The Morgan fingerprint density at radius 2 is 1.52 bits per heavy atom. The predicted octanol–water partition coefficient (Wildman–Crippen LogP) is 3.50. The van der Waals surface area contributed by atoms with Gasteiger partial charge in [0.1, 0.15) is 10.7 Å². The summed E-state index contributed by atoms with van der Waals surface area (Å²) in [6.07, 6.45) is 1.37. The van der Waals surface area contributed by atoms with E-state index >= 15 is 0 Å². The molecule has 0 saturated carbocycles. The summed E-state index contributed by atoms with van der Waals surface area (Å²) in [5, 5.41) is 6.85. The van der Waals surface area contributed by atoms with Gasteiger partial charge in [0.2, 0.25) is 0 Å². The number of carbonyl (C=O) groups is 3. The molecule has 144 valence electrons. The average molecular weight is 407 g/mol. The maximum atomic E-state index is 13.0. The smallest absolute Gasteiger partial charge is 0.273 e. The summed E-state index contributed by atoms with van der Waals surface area (Å²) in [5.41, 5.74) is 1.86. The summed E-state index contributed by atoms with van der Waals surface area (Å²) >= 11 is 6.49. The second kappa shape index (κ2) is 7.37. The standard InChI is InChI=1S/C21H15ClN4O3/c1-13-16(18(22)26(24-13)15-10-6-3-7-11-15)12-17-19(27)23-21(29)25(20(17)28)14-8-4-2-5-9-14/h2-12H,1H3,(H,23,27,29). The molecule has 0 atom stereocenters. The third-order valence-corrected chi connectivity index (χ3v) is 4.82. The number of benzene rings is 2. The number of para-hydroxylation sites is 2. The summed E-state index contributed by atoms with van der Waals surface area (Å²) < 4.78 is 1.52. The summed E-state index contributed by atoms with van der Waals surface area (Å²) in [6.45, 7) is 1.73. The van der Waals surface area contributed by atoms with Crippen LogP contribution in [0.3, 0.4) is 0 Å². The lowest BCUT2D eigenvalue weighted by Gasteiger charge is -2.26. The third kappa shape index (κ3) is 3.32. The summed E-state index contributed by atoms with van der Waals surface area (Å²) in [4.78, 5) is 38.5. The van der Waals surface area contributed by atoms with Crippen molar-refractivity contribution >= 4 is 41.2 Å². The van der Waals surface area contributed by atoms with E-state index in [2.05, 4.69) is 10.4 Å². The van der Waals surface area contributed by atoms with Gasteiger partial charge in [0.05, 0.1) is 17.1 Å². The van der Waals surface area contributed by atoms with Crippen LogP contribution in [0.15, 0.2) is 66.2 Å². The Hall–Kier alpha value is -3.71. The molecule has 7 nitrogen and oxygen atoms in total. The number of barbiturate groups is 1.